The number of ether oxygens (including phenoxy) is 2. The summed E-state index contributed by atoms with van der Waals surface area (Å²) in [5.41, 5.74) is 0.332. The Bertz CT molecular complexity index is 791. The molecule has 2 rings (SSSR count). The third kappa shape index (κ3) is 3.76. The maximum Gasteiger partial charge on any atom is 0.258 e. The summed E-state index contributed by atoms with van der Waals surface area (Å²) in [5.74, 6) is 1.57. The van der Waals surface area contributed by atoms with Crippen LogP contribution in [-0.2, 0) is 6.54 Å². The average Bonchev–Trinajstić information content (AvgIpc) is 2.58. The molecular formula is C16H22N4O3S. The van der Waals surface area contributed by atoms with Gasteiger partial charge in [-0.3, -0.25) is 4.79 Å². The third-order valence-electron chi connectivity index (χ3n) is 3.60. The molecule has 0 radical (unpaired) electrons. The lowest BCUT2D eigenvalue weighted by Crippen LogP contribution is -2.39. The SMILES string of the molecule is CCNC(=S)N(CC)Cc1nc2cc(OC)c(OC)cc2c(=O)[nH]1. The van der Waals surface area contributed by atoms with Gasteiger partial charge in [0, 0.05) is 19.2 Å². The van der Waals surface area contributed by atoms with Crippen LogP contribution in [0.3, 0.4) is 0 Å². The lowest BCUT2D eigenvalue weighted by Gasteiger charge is -2.23. The smallest absolute Gasteiger partial charge is 0.258 e. The summed E-state index contributed by atoms with van der Waals surface area (Å²) in [6, 6.07) is 3.33. The lowest BCUT2D eigenvalue weighted by atomic mass is 10.2. The minimum absolute atomic E-state index is 0.221. The zero-order chi connectivity index (χ0) is 17.7. The standard InChI is InChI=1S/C16H22N4O3S/c1-5-17-16(24)20(6-2)9-14-18-11-8-13(23-4)12(22-3)7-10(11)15(21)19-14/h7-8H,5-6,9H2,1-4H3,(H,17,24)(H,18,19,21). The van der Waals surface area contributed by atoms with Gasteiger partial charge in [0.25, 0.3) is 5.56 Å². The van der Waals surface area contributed by atoms with Crippen LogP contribution in [0.2, 0.25) is 0 Å². The highest BCUT2D eigenvalue weighted by Gasteiger charge is 2.13. The molecule has 0 aliphatic carbocycles. The normalized spacial score (nSPS) is 10.5. The topological polar surface area (TPSA) is 79.5 Å². The van der Waals surface area contributed by atoms with E-state index in [4.69, 9.17) is 21.7 Å². The van der Waals surface area contributed by atoms with Crippen molar-refractivity contribution in [3.8, 4) is 11.5 Å². The average molecular weight is 350 g/mol. The van der Waals surface area contributed by atoms with Crippen molar-refractivity contribution in [1.29, 1.82) is 0 Å². The highest BCUT2D eigenvalue weighted by atomic mass is 32.1. The molecule has 0 aliphatic rings. The summed E-state index contributed by atoms with van der Waals surface area (Å²) in [4.78, 5) is 21.6. The number of rotatable bonds is 6. The first-order valence-corrected chi connectivity index (χ1v) is 8.12. The molecule has 8 heteroatoms. The Morgan fingerprint density at radius 2 is 1.96 bits per heavy atom. The Hall–Kier alpha value is -2.35. The molecule has 2 N–H and O–H groups in total. The van der Waals surface area contributed by atoms with Crippen LogP contribution in [-0.4, -0.2) is 47.3 Å². The fraction of sp³-hybridized carbons (Fsp3) is 0.438. The van der Waals surface area contributed by atoms with E-state index in [2.05, 4.69) is 15.3 Å². The van der Waals surface area contributed by atoms with Gasteiger partial charge < -0.3 is 24.7 Å². The van der Waals surface area contributed by atoms with Crippen LogP contribution < -0.4 is 20.3 Å². The Labute approximate surface area is 146 Å². The molecule has 0 fully saturated rings. The second-order valence-corrected chi connectivity index (χ2v) is 5.47. The van der Waals surface area contributed by atoms with E-state index in [0.29, 0.717) is 46.4 Å². The highest BCUT2D eigenvalue weighted by molar-refractivity contribution is 7.80. The zero-order valence-corrected chi connectivity index (χ0v) is 15.1. The second-order valence-electron chi connectivity index (χ2n) is 5.09. The van der Waals surface area contributed by atoms with E-state index in [0.717, 1.165) is 6.54 Å². The number of benzene rings is 1. The van der Waals surface area contributed by atoms with Gasteiger partial charge in [-0.2, -0.15) is 0 Å². The van der Waals surface area contributed by atoms with Crippen LogP contribution in [0.4, 0.5) is 0 Å². The Kier molecular flexibility index (Phi) is 5.97. The van der Waals surface area contributed by atoms with Crippen LogP contribution in [0.15, 0.2) is 16.9 Å². The first-order valence-electron chi connectivity index (χ1n) is 7.71. The van der Waals surface area contributed by atoms with E-state index in [1.807, 2.05) is 18.7 Å². The van der Waals surface area contributed by atoms with E-state index < -0.39 is 0 Å². The van der Waals surface area contributed by atoms with Crippen LogP contribution in [0, 0.1) is 0 Å². The van der Waals surface area contributed by atoms with Crippen LogP contribution >= 0.6 is 12.2 Å². The van der Waals surface area contributed by atoms with Gasteiger partial charge in [-0.05, 0) is 32.1 Å². The molecule has 24 heavy (non-hydrogen) atoms. The number of hydrogen-bond acceptors (Lipinski definition) is 5. The number of fused-ring (bicyclic) bond motifs is 1. The fourth-order valence-corrected chi connectivity index (χ4v) is 2.70. The quantitative estimate of drug-likeness (QED) is 0.767. The maximum absolute atomic E-state index is 12.4. The molecular weight excluding hydrogens is 328 g/mol. The number of nitrogens with zero attached hydrogens (tertiary/aromatic N) is 2. The van der Waals surface area contributed by atoms with Gasteiger partial charge in [0.15, 0.2) is 16.6 Å². The molecule has 0 aliphatic heterocycles. The monoisotopic (exact) mass is 350 g/mol. The molecule has 2 aromatic rings. The predicted octanol–water partition coefficient (Wildman–Crippen LogP) is 1.66. The summed E-state index contributed by atoms with van der Waals surface area (Å²) < 4.78 is 10.5. The van der Waals surface area contributed by atoms with E-state index in [9.17, 15) is 4.79 Å². The van der Waals surface area contributed by atoms with Crippen molar-refractivity contribution in [2.75, 3.05) is 27.3 Å². The van der Waals surface area contributed by atoms with Gasteiger partial charge in [0.2, 0.25) is 0 Å². The Balaban J connectivity index is 2.42. The van der Waals surface area contributed by atoms with Crippen LogP contribution in [0.25, 0.3) is 10.9 Å². The first-order chi connectivity index (χ1) is 11.5. The number of nitrogens with one attached hydrogen (secondary N) is 2. The maximum atomic E-state index is 12.4. The Morgan fingerprint density at radius 3 is 2.54 bits per heavy atom. The van der Waals surface area contributed by atoms with E-state index >= 15 is 0 Å². The molecule has 0 atom stereocenters. The van der Waals surface area contributed by atoms with Gasteiger partial charge in [0.1, 0.15) is 5.82 Å². The summed E-state index contributed by atoms with van der Waals surface area (Å²) in [6.07, 6.45) is 0. The van der Waals surface area contributed by atoms with Crippen molar-refractivity contribution in [3.05, 3.63) is 28.3 Å². The molecule has 1 aromatic carbocycles. The minimum atomic E-state index is -0.221. The number of aromatic amines is 1. The minimum Gasteiger partial charge on any atom is -0.493 e. The molecule has 1 aromatic heterocycles. The van der Waals surface area contributed by atoms with Gasteiger partial charge in [-0.25, -0.2) is 4.98 Å². The summed E-state index contributed by atoms with van der Waals surface area (Å²) in [7, 11) is 3.08. The predicted molar refractivity (Wildman–Crippen MR) is 97.8 cm³/mol. The van der Waals surface area contributed by atoms with E-state index in [-0.39, 0.29) is 5.56 Å². The van der Waals surface area contributed by atoms with Crippen molar-refractivity contribution in [2.24, 2.45) is 0 Å². The molecule has 0 unspecified atom stereocenters. The number of H-pyrrole nitrogens is 1. The third-order valence-corrected chi connectivity index (χ3v) is 4.00. The second kappa shape index (κ2) is 7.96. The summed E-state index contributed by atoms with van der Waals surface area (Å²) in [6.45, 7) is 5.85. The van der Waals surface area contributed by atoms with E-state index in [1.165, 1.54) is 7.11 Å². The number of hydrogen-bond donors (Lipinski definition) is 2. The van der Waals surface area contributed by atoms with E-state index in [1.54, 1.807) is 19.2 Å². The first kappa shape index (κ1) is 18.0. The van der Waals surface area contributed by atoms with Crippen LogP contribution in [0.5, 0.6) is 11.5 Å². The molecule has 1 heterocycles. The fourth-order valence-electron chi connectivity index (χ4n) is 2.36. The number of thiocarbonyl (C=S) groups is 1. The Morgan fingerprint density at radius 1 is 1.29 bits per heavy atom. The van der Waals surface area contributed by atoms with Gasteiger partial charge in [0.05, 0.1) is 31.7 Å². The van der Waals surface area contributed by atoms with Gasteiger partial charge in [-0.15, -0.1) is 0 Å². The van der Waals surface area contributed by atoms with Crippen molar-refractivity contribution in [3.63, 3.8) is 0 Å². The highest BCUT2D eigenvalue weighted by Crippen LogP contribution is 2.29. The summed E-state index contributed by atoms with van der Waals surface area (Å²) >= 11 is 5.33. The van der Waals surface area contributed by atoms with Gasteiger partial charge >= 0.3 is 0 Å². The summed E-state index contributed by atoms with van der Waals surface area (Å²) in [5, 5.41) is 4.19. The lowest BCUT2D eigenvalue weighted by molar-refractivity contribution is 0.355. The number of methoxy groups -OCH3 is 2. The molecule has 0 saturated heterocycles. The van der Waals surface area contributed by atoms with Gasteiger partial charge in [-0.1, -0.05) is 0 Å². The molecule has 0 spiro atoms. The van der Waals surface area contributed by atoms with Crippen molar-refractivity contribution >= 4 is 28.2 Å². The molecule has 130 valence electrons. The van der Waals surface area contributed by atoms with Crippen molar-refractivity contribution < 1.29 is 9.47 Å². The molecule has 0 amide bonds. The number of aromatic nitrogens is 2. The van der Waals surface area contributed by atoms with Crippen molar-refractivity contribution in [2.45, 2.75) is 20.4 Å². The largest absolute Gasteiger partial charge is 0.493 e. The van der Waals surface area contributed by atoms with Crippen molar-refractivity contribution in [1.82, 2.24) is 20.2 Å². The molecule has 7 nitrogen and oxygen atoms in total. The zero-order valence-electron chi connectivity index (χ0n) is 14.3. The molecule has 0 bridgehead atoms. The van der Waals surface area contributed by atoms with Crippen LogP contribution in [0.1, 0.15) is 19.7 Å². The molecule has 0 saturated carbocycles.